The molecule has 1 unspecified atom stereocenters. The molecule has 0 amide bonds. The number of ether oxygens (including phenoxy) is 1. The monoisotopic (exact) mass is 321 g/mol. The molecule has 0 bridgehead atoms. The maximum absolute atomic E-state index is 5.77. The van der Waals surface area contributed by atoms with Gasteiger partial charge in [0, 0.05) is 17.4 Å². The molecule has 0 radical (unpaired) electrons. The van der Waals surface area contributed by atoms with Crippen molar-refractivity contribution in [1.82, 2.24) is 5.32 Å². The molecule has 0 fully saturated rings. The molecule has 0 saturated heterocycles. The maximum Gasteiger partial charge on any atom is 0.123 e. The van der Waals surface area contributed by atoms with Crippen LogP contribution in [0.2, 0.25) is 0 Å². The van der Waals surface area contributed by atoms with Crippen LogP contribution in [0.1, 0.15) is 37.9 Å². The summed E-state index contributed by atoms with van der Waals surface area (Å²) in [7, 11) is 0. The van der Waals surface area contributed by atoms with Crippen LogP contribution in [-0.2, 0) is 5.75 Å². The standard InChI is InChI=1S/C17H23NOS2/c1-4-18-13(3)14-8-9-16(19-5-2)15(11-14)12-21-17-7-6-10-20-17/h6-11,13,18H,4-5,12H2,1-3H3. The second-order valence-corrected chi connectivity index (χ2v) is 7.02. The van der Waals surface area contributed by atoms with Crippen LogP contribution < -0.4 is 10.1 Å². The Kier molecular flexibility index (Phi) is 6.61. The summed E-state index contributed by atoms with van der Waals surface area (Å²) >= 11 is 3.66. The van der Waals surface area contributed by atoms with Gasteiger partial charge in [-0.25, -0.2) is 0 Å². The van der Waals surface area contributed by atoms with Gasteiger partial charge in [0.05, 0.1) is 10.8 Å². The van der Waals surface area contributed by atoms with E-state index in [4.69, 9.17) is 4.74 Å². The molecule has 2 rings (SSSR count). The highest BCUT2D eigenvalue weighted by molar-refractivity contribution is 8.00. The average Bonchev–Trinajstić information content (AvgIpc) is 3.00. The predicted octanol–water partition coefficient (Wildman–Crippen LogP) is 5.11. The summed E-state index contributed by atoms with van der Waals surface area (Å²) in [4.78, 5) is 0. The van der Waals surface area contributed by atoms with E-state index < -0.39 is 0 Å². The Bertz CT molecular complexity index is 540. The first-order valence-corrected chi connectivity index (χ1v) is 9.26. The zero-order valence-corrected chi connectivity index (χ0v) is 14.5. The number of benzene rings is 1. The van der Waals surface area contributed by atoms with Crippen molar-refractivity contribution in [2.24, 2.45) is 0 Å². The first kappa shape index (κ1) is 16.4. The fourth-order valence-electron chi connectivity index (χ4n) is 2.20. The molecule has 2 nitrogen and oxygen atoms in total. The molecule has 0 aliphatic carbocycles. The zero-order valence-electron chi connectivity index (χ0n) is 12.9. The third-order valence-corrected chi connectivity index (χ3v) is 5.44. The lowest BCUT2D eigenvalue weighted by Crippen LogP contribution is -2.17. The molecule has 0 aliphatic heterocycles. The molecular weight excluding hydrogens is 298 g/mol. The van der Waals surface area contributed by atoms with Crippen LogP contribution in [0, 0.1) is 0 Å². The van der Waals surface area contributed by atoms with E-state index in [1.54, 1.807) is 11.3 Å². The van der Waals surface area contributed by atoms with Gasteiger partial charge >= 0.3 is 0 Å². The summed E-state index contributed by atoms with van der Waals surface area (Å²) in [6.07, 6.45) is 0. The molecule has 2 aromatic rings. The van der Waals surface area contributed by atoms with Crippen LogP contribution in [0.5, 0.6) is 5.75 Å². The highest BCUT2D eigenvalue weighted by Gasteiger charge is 2.10. The Labute approximate surface area is 135 Å². The second kappa shape index (κ2) is 8.47. The van der Waals surface area contributed by atoms with Crippen LogP contribution in [0.15, 0.2) is 39.9 Å². The summed E-state index contributed by atoms with van der Waals surface area (Å²) in [6.45, 7) is 8.06. The van der Waals surface area contributed by atoms with Crippen molar-refractivity contribution in [2.45, 2.75) is 36.8 Å². The molecule has 1 N–H and O–H groups in total. The molecule has 4 heteroatoms. The summed E-state index contributed by atoms with van der Waals surface area (Å²) < 4.78 is 7.12. The zero-order chi connectivity index (χ0) is 15.1. The molecule has 0 aliphatic rings. The molecule has 1 aromatic carbocycles. The molecule has 0 spiro atoms. The number of thiophene rings is 1. The Morgan fingerprint density at radius 1 is 1.29 bits per heavy atom. The van der Waals surface area contributed by atoms with E-state index in [1.165, 1.54) is 15.3 Å². The van der Waals surface area contributed by atoms with E-state index >= 15 is 0 Å². The van der Waals surface area contributed by atoms with Crippen LogP contribution in [0.3, 0.4) is 0 Å². The van der Waals surface area contributed by atoms with Crippen LogP contribution in [0.25, 0.3) is 0 Å². The first-order chi connectivity index (χ1) is 10.2. The van der Waals surface area contributed by atoms with Gasteiger partial charge in [-0.15, -0.1) is 23.1 Å². The Morgan fingerprint density at radius 3 is 2.81 bits per heavy atom. The SMILES string of the molecule is CCNC(C)c1ccc(OCC)c(CSc2cccs2)c1. The van der Waals surface area contributed by atoms with E-state index in [0.717, 1.165) is 18.0 Å². The van der Waals surface area contributed by atoms with Gasteiger partial charge in [-0.1, -0.05) is 19.1 Å². The normalized spacial score (nSPS) is 12.3. The third kappa shape index (κ3) is 4.77. The number of nitrogens with one attached hydrogen (secondary N) is 1. The van der Waals surface area contributed by atoms with E-state index in [2.05, 4.69) is 54.9 Å². The number of rotatable bonds is 8. The van der Waals surface area contributed by atoms with Crippen LogP contribution >= 0.6 is 23.1 Å². The lowest BCUT2D eigenvalue weighted by Gasteiger charge is -2.16. The van der Waals surface area contributed by atoms with Crippen molar-refractivity contribution < 1.29 is 4.74 Å². The van der Waals surface area contributed by atoms with Gasteiger partial charge in [0.2, 0.25) is 0 Å². The second-order valence-electron chi connectivity index (χ2n) is 4.80. The van der Waals surface area contributed by atoms with Crippen molar-refractivity contribution in [3.05, 3.63) is 46.8 Å². The summed E-state index contributed by atoms with van der Waals surface area (Å²) in [6, 6.07) is 11.2. The lowest BCUT2D eigenvalue weighted by molar-refractivity contribution is 0.337. The van der Waals surface area contributed by atoms with Gasteiger partial charge in [0.25, 0.3) is 0 Å². The van der Waals surface area contributed by atoms with Crippen LogP contribution in [0.4, 0.5) is 0 Å². The lowest BCUT2D eigenvalue weighted by atomic mass is 10.0. The Morgan fingerprint density at radius 2 is 2.14 bits per heavy atom. The van der Waals surface area contributed by atoms with Gasteiger partial charge in [0.15, 0.2) is 0 Å². The molecule has 1 aromatic heterocycles. The van der Waals surface area contributed by atoms with Gasteiger partial charge < -0.3 is 10.1 Å². The van der Waals surface area contributed by atoms with Crippen LogP contribution in [-0.4, -0.2) is 13.2 Å². The highest BCUT2D eigenvalue weighted by atomic mass is 32.2. The summed E-state index contributed by atoms with van der Waals surface area (Å²) in [5.74, 6) is 1.96. The smallest absolute Gasteiger partial charge is 0.123 e. The van der Waals surface area contributed by atoms with Gasteiger partial charge in [-0.05, 0) is 49.5 Å². The topological polar surface area (TPSA) is 21.3 Å². The number of hydrogen-bond acceptors (Lipinski definition) is 4. The molecule has 21 heavy (non-hydrogen) atoms. The fraction of sp³-hybridized carbons (Fsp3) is 0.412. The van der Waals surface area contributed by atoms with Crippen molar-refractivity contribution in [3.8, 4) is 5.75 Å². The molecule has 0 saturated carbocycles. The third-order valence-electron chi connectivity index (χ3n) is 3.26. The fourth-order valence-corrected chi connectivity index (χ4v) is 3.96. The van der Waals surface area contributed by atoms with E-state index in [9.17, 15) is 0 Å². The minimum Gasteiger partial charge on any atom is -0.494 e. The van der Waals surface area contributed by atoms with E-state index in [-0.39, 0.29) is 0 Å². The van der Waals surface area contributed by atoms with Gasteiger partial charge in [-0.2, -0.15) is 0 Å². The van der Waals surface area contributed by atoms with Gasteiger partial charge in [-0.3, -0.25) is 0 Å². The minimum atomic E-state index is 0.371. The predicted molar refractivity (Wildman–Crippen MR) is 93.6 cm³/mol. The van der Waals surface area contributed by atoms with Crippen molar-refractivity contribution >= 4 is 23.1 Å². The first-order valence-electron chi connectivity index (χ1n) is 7.39. The van der Waals surface area contributed by atoms with Crippen molar-refractivity contribution in [1.29, 1.82) is 0 Å². The van der Waals surface area contributed by atoms with Crippen molar-refractivity contribution in [3.63, 3.8) is 0 Å². The summed E-state index contributed by atoms with van der Waals surface area (Å²) in [5, 5.41) is 5.59. The minimum absolute atomic E-state index is 0.371. The average molecular weight is 322 g/mol. The number of thioether (sulfide) groups is 1. The highest BCUT2D eigenvalue weighted by Crippen LogP contribution is 2.32. The Balaban J connectivity index is 2.15. The van der Waals surface area contributed by atoms with Crippen molar-refractivity contribution in [2.75, 3.05) is 13.2 Å². The maximum atomic E-state index is 5.77. The molecule has 1 atom stereocenters. The largest absolute Gasteiger partial charge is 0.494 e. The van der Waals surface area contributed by atoms with Gasteiger partial charge in [0.1, 0.15) is 5.75 Å². The Hall–Kier alpha value is -0.970. The molecule has 114 valence electrons. The quantitative estimate of drug-likeness (QED) is 0.683. The molecular formula is C17H23NOS2. The number of hydrogen-bond donors (Lipinski definition) is 1. The van der Waals surface area contributed by atoms with E-state index in [0.29, 0.717) is 12.6 Å². The molecule has 1 heterocycles. The van der Waals surface area contributed by atoms with E-state index in [1.807, 2.05) is 18.7 Å². The summed E-state index contributed by atoms with van der Waals surface area (Å²) in [5.41, 5.74) is 2.60.